The predicted octanol–water partition coefficient (Wildman–Crippen LogP) is 3.27. The van der Waals surface area contributed by atoms with Crippen LogP contribution in [0.3, 0.4) is 0 Å². The van der Waals surface area contributed by atoms with E-state index in [1.165, 1.54) is 0 Å². The summed E-state index contributed by atoms with van der Waals surface area (Å²) < 4.78 is 5.05. The minimum Gasteiger partial charge on any atom is -0.478 e. The lowest BCUT2D eigenvalue weighted by atomic mass is 10.2. The van der Waals surface area contributed by atoms with E-state index in [1.54, 1.807) is 31.4 Å². The molecule has 0 aliphatic rings. The maximum atomic E-state index is 10.7. The van der Waals surface area contributed by atoms with Crippen molar-refractivity contribution in [2.24, 2.45) is 0 Å². The van der Waals surface area contributed by atoms with Gasteiger partial charge in [0.1, 0.15) is 0 Å². The van der Waals surface area contributed by atoms with Crippen LogP contribution in [0.25, 0.3) is 0 Å². The molecule has 4 heteroatoms. The van der Waals surface area contributed by atoms with Gasteiger partial charge in [0, 0.05) is 18.5 Å². The van der Waals surface area contributed by atoms with Crippen LogP contribution in [-0.2, 0) is 11.3 Å². The molecule has 0 spiro atoms. The van der Waals surface area contributed by atoms with Gasteiger partial charge in [-0.25, -0.2) is 4.79 Å². The highest BCUT2D eigenvalue weighted by molar-refractivity contribution is 5.88. The number of anilines is 2. The summed E-state index contributed by atoms with van der Waals surface area (Å²) >= 11 is 0. The molecule has 0 aromatic heterocycles. The molecule has 0 saturated carbocycles. The standard InChI is InChI=1S/C15H15NO3/c1-19-10-11-2-6-13(7-3-11)16-14-8-4-12(5-9-14)15(17)18/h2-9,16H,10H2,1H3,(H,17,18). The number of carbonyl (C=O) groups is 1. The molecule has 0 bridgehead atoms. The average molecular weight is 257 g/mol. The number of ether oxygens (including phenoxy) is 1. The minimum absolute atomic E-state index is 0.279. The zero-order valence-electron chi connectivity index (χ0n) is 10.6. The zero-order valence-corrected chi connectivity index (χ0v) is 10.6. The zero-order chi connectivity index (χ0) is 13.7. The summed E-state index contributed by atoms with van der Waals surface area (Å²) in [6.07, 6.45) is 0. The third kappa shape index (κ3) is 3.56. The Balaban J connectivity index is 2.06. The first-order valence-corrected chi connectivity index (χ1v) is 5.87. The van der Waals surface area contributed by atoms with E-state index < -0.39 is 5.97 Å². The predicted molar refractivity (Wildman–Crippen MR) is 73.8 cm³/mol. The molecule has 0 fully saturated rings. The fourth-order valence-electron chi connectivity index (χ4n) is 1.71. The van der Waals surface area contributed by atoms with Crippen molar-refractivity contribution < 1.29 is 14.6 Å². The lowest BCUT2D eigenvalue weighted by Gasteiger charge is -2.07. The van der Waals surface area contributed by atoms with Crippen molar-refractivity contribution >= 4 is 17.3 Å². The van der Waals surface area contributed by atoms with Crippen molar-refractivity contribution in [2.75, 3.05) is 12.4 Å². The second-order valence-corrected chi connectivity index (χ2v) is 4.14. The number of nitrogens with one attached hydrogen (secondary N) is 1. The van der Waals surface area contributed by atoms with Crippen molar-refractivity contribution in [3.63, 3.8) is 0 Å². The van der Waals surface area contributed by atoms with E-state index in [2.05, 4.69) is 5.32 Å². The number of methoxy groups -OCH3 is 1. The molecule has 0 aliphatic carbocycles. The molecule has 2 rings (SSSR count). The summed E-state index contributed by atoms with van der Waals surface area (Å²) in [5, 5.41) is 12.0. The molecule has 2 aromatic rings. The molecule has 98 valence electrons. The molecule has 0 aliphatic heterocycles. The molecule has 4 nitrogen and oxygen atoms in total. The van der Waals surface area contributed by atoms with Crippen LogP contribution in [0, 0.1) is 0 Å². The summed E-state index contributed by atoms with van der Waals surface area (Å²) in [4.78, 5) is 10.7. The molecule has 2 N–H and O–H groups in total. The van der Waals surface area contributed by atoms with E-state index in [1.807, 2.05) is 24.3 Å². The van der Waals surface area contributed by atoms with Crippen LogP contribution >= 0.6 is 0 Å². The number of benzene rings is 2. The first-order chi connectivity index (χ1) is 9.19. The molecule has 0 saturated heterocycles. The highest BCUT2D eigenvalue weighted by Crippen LogP contribution is 2.18. The molecular weight excluding hydrogens is 242 g/mol. The van der Waals surface area contributed by atoms with E-state index >= 15 is 0 Å². The average Bonchev–Trinajstić information content (AvgIpc) is 2.42. The number of aromatic carboxylic acids is 1. The highest BCUT2D eigenvalue weighted by atomic mass is 16.5. The SMILES string of the molecule is COCc1ccc(Nc2ccc(C(=O)O)cc2)cc1. The first kappa shape index (κ1) is 13.1. The van der Waals surface area contributed by atoms with E-state index in [0.29, 0.717) is 6.61 Å². The maximum Gasteiger partial charge on any atom is 0.335 e. The van der Waals surface area contributed by atoms with Gasteiger partial charge >= 0.3 is 5.97 Å². The van der Waals surface area contributed by atoms with Crippen LogP contribution in [0.1, 0.15) is 15.9 Å². The number of hydrogen-bond acceptors (Lipinski definition) is 3. The largest absolute Gasteiger partial charge is 0.478 e. The Hall–Kier alpha value is -2.33. The van der Waals surface area contributed by atoms with Crippen LogP contribution in [0.15, 0.2) is 48.5 Å². The first-order valence-electron chi connectivity index (χ1n) is 5.87. The monoisotopic (exact) mass is 257 g/mol. The van der Waals surface area contributed by atoms with Gasteiger partial charge < -0.3 is 15.2 Å². The van der Waals surface area contributed by atoms with Gasteiger partial charge in [-0.2, -0.15) is 0 Å². The van der Waals surface area contributed by atoms with Crippen molar-refractivity contribution in [3.8, 4) is 0 Å². The molecule has 0 radical (unpaired) electrons. The second kappa shape index (κ2) is 6.02. The molecular formula is C15H15NO3. The van der Waals surface area contributed by atoms with Gasteiger partial charge in [-0.3, -0.25) is 0 Å². The summed E-state index contributed by atoms with van der Waals surface area (Å²) in [6, 6.07) is 14.5. The topological polar surface area (TPSA) is 58.6 Å². The van der Waals surface area contributed by atoms with Gasteiger partial charge in [-0.1, -0.05) is 12.1 Å². The smallest absolute Gasteiger partial charge is 0.335 e. The number of rotatable bonds is 5. The molecule has 0 unspecified atom stereocenters. The van der Waals surface area contributed by atoms with Crippen LogP contribution in [-0.4, -0.2) is 18.2 Å². The second-order valence-electron chi connectivity index (χ2n) is 4.14. The molecule has 2 aromatic carbocycles. The Morgan fingerprint density at radius 2 is 1.58 bits per heavy atom. The fourth-order valence-corrected chi connectivity index (χ4v) is 1.71. The lowest BCUT2D eigenvalue weighted by molar-refractivity contribution is 0.0697. The number of carboxylic acid groups (broad SMARTS) is 1. The van der Waals surface area contributed by atoms with E-state index in [-0.39, 0.29) is 5.56 Å². The van der Waals surface area contributed by atoms with Crippen molar-refractivity contribution in [1.29, 1.82) is 0 Å². The molecule has 0 amide bonds. The summed E-state index contributed by atoms with van der Waals surface area (Å²) in [7, 11) is 1.66. The molecule has 0 atom stereocenters. The quantitative estimate of drug-likeness (QED) is 0.863. The van der Waals surface area contributed by atoms with Gasteiger partial charge in [0.05, 0.1) is 12.2 Å². The van der Waals surface area contributed by atoms with E-state index in [4.69, 9.17) is 9.84 Å². The number of carboxylic acids is 1. The fraction of sp³-hybridized carbons (Fsp3) is 0.133. The summed E-state index contributed by atoms with van der Waals surface area (Å²) in [5.41, 5.74) is 3.18. The van der Waals surface area contributed by atoms with Gasteiger partial charge in [0.25, 0.3) is 0 Å². The van der Waals surface area contributed by atoms with Gasteiger partial charge in [0.15, 0.2) is 0 Å². The Morgan fingerprint density at radius 1 is 1.05 bits per heavy atom. The highest BCUT2D eigenvalue weighted by Gasteiger charge is 2.01. The van der Waals surface area contributed by atoms with Crippen molar-refractivity contribution in [3.05, 3.63) is 59.7 Å². The van der Waals surface area contributed by atoms with E-state index in [0.717, 1.165) is 16.9 Å². The van der Waals surface area contributed by atoms with Crippen LogP contribution in [0.4, 0.5) is 11.4 Å². The minimum atomic E-state index is -0.921. The van der Waals surface area contributed by atoms with Gasteiger partial charge in [-0.15, -0.1) is 0 Å². The maximum absolute atomic E-state index is 10.7. The Labute approximate surface area is 111 Å². The van der Waals surface area contributed by atoms with Gasteiger partial charge in [-0.05, 0) is 42.0 Å². The van der Waals surface area contributed by atoms with Gasteiger partial charge in [0.2, 0.25) is 0 Å². The van der Waals surface area contributed by atoms with Crippen LogP contribution < -0.4 is 5.32 Å². The molecule has 19 heavy (non-hydrogen) atoms. The normalized spacial score (nSPS) is 10.2. The summed E-state index contributed by atoms with van der Waals surface area (Å²) in [5.74, 6) is -0.921. The third-order valence-electron chi connectivity index (χ3n) is 2.69. The Kier molecular flexibility index (Phi) is 4.15. The van der Waals surface area contributed by atoms with Crippen molar-refractivity contribution in [2.45, 2.75) is 6.61 Å². The van der Waals surface area contributed by atoms with E-state index in [9.17, 15) is 4.79 Å². The Morgan fingerprint density at radius 3 is 2.05 bits per heavy atom. The van der Waals surface area contributed by atoms with Crippen molar-refractivity contribution in [1.82, 2.24) is 0 Å². The van der Waals surface area contributed by atoms with Crippen LogP contribution in [0.2, 0.25) is 0 Å². The lowest BCUT2D eigenvalue weighted by Crippen LogP contribution is -1.96. The molecule has 0 heterocycles. The third-order valence-corrected chi connectivity index (χ3v) is 2.69. The number of hydrogen-bond donors (Lipinski definition) is 2. The summed E-state index contributed by atoms with van der Waals surface area (Å²) in [6.45, 7) is 0.591. The Bertz CT molecular complexity index is 547. The van der Waals surface area contributed by atoms with Crippen LogP contribution in [0.5, 0.6) is 0 Å².